The van der Waals surface area contributed by atoms with E-state index < -0.39 is 6.10 Å². The minimum Gasteiger partial charge on any atom is -0.496 e. The standard InChI is InChI=1S/C17H18N2O2/c1-12-7-8-17(21-2)13(9-12)16(20)10-19-11-18-14-5-3-4-6-15(14)19/h3-9,11,16,20H,10H2,1-2H3. The van der Waals surface area contributed by atoms with Gasteiger partial charge in [0.05, 0.1) is 31.0 Å². The van der Waals surface area contributed by atoms with E-state index in [1.165, 1.54) is 0 Å². The minimum atomic E-state index is -0.641. The second-order valence-electron chi connectivity index (χ2n) is 5.15. The number of hydrogen-bond donors (Lipinski definition) is 1. The van der Waals surface area contributed by atoms with Gasteiger partial charge in [0.25, 0.3) is 0 Å². The number of aryl methyl sites for hydroxylation is 1. The van der Waals surface area contributed by atoms with Crippen LogP contribution in [0.4, 0.5) is 0 Å². The largest absolute Gasteiger partial charge is 0.496 e. The lowest BCUT2D eigenvalue weighted by Crippen LogP contribution is -2.09. The Balaban J connectivity index is 1.93. The third kappa shape index (κ3) is 2.62. The van der Waals surface area contributed by atoms with Crippen molar-refractivity contribution in [3.63, 3.8) is 0 Å². The maximum absolute atomic E-state index is 10.6. The van der Waals surface area contributed by atoms with Gasteiger partial charge in [-0.05, 0) is 31.2 Å². The smallest absolute Gasteiger partial charge is 0.124 e. The first kappa shape index (κ1) is 13.6. The van der Waals surface area contributed by atoms with E-state index in [1.807, 2.05) is 54.0 Å². The van der Waals surface area contributed by atoms with Crippen molar-refractivity contribution in [1.29, 1.82) is 0 Å². The molecule has 4 nitrogen and oxygen atoms in total. The van der Waals surface area contributed by atoms with Crippen LogP contribution in [0.15, 0.2) is 48.8 Å². The normalized spacial score (nSPS) is 12.5. The lowest BCUT2D eigenvalue weighted by atomic mass is 10.1. The number of nitrogens with zero attached hydrogens (tertiary/aromatic N) is 2. The van der Waals surface area contributed by atoms with E-state index in [1.54, 1.807) is 13.4 Å². The molecule has 0 aliphatic carbocycles. The lowest BCUT2D eigenvalue weighted by molar-refractivity contribution is 0.154. The molecule has 2 aromatic carbocycles. The zero-order chi connectivity index (χ0) is 14.8. The van der Waals surface area contributed by atoms with E-state index in [0.717, 1.165) is 22.2 Å². The molecule has 0 amide bonds. The van der Waals surface area contributed by atoms with E-state index in [2.05, 4.69) is 4.98 Å². The number of aromatic nitrogens is 2. The Morgan fingerprint density at radius 1 is 1.24 bits per heavy atom. The fourth-order valence-corrected chi connectivity index (χ4v) is 2.55. The summed E-state index contributed by atoms with van der Waals surface area (Å²) in [6, 6.07) is 13.7. The summed E-state index contributed by atoms with van der Waals surface area (Å²) in [7, 11) is 1.62. The first-order valence-corrected chi connectivity index (χ1v) is 6.91. The van der Waals surface area contributed by atoms with Crippen LogP contribution < -0.4 is 4.74 Å². The highest BCUT2D eigenvalue weighted by molar-refractivity contribution is 5.74. The predicted molar refractivity (Wildman–Crippen MR) is 82.4 cm³/mol. The molecule has 3 rings (SSSR count). The van der Waals surface area contributed by atoms with Gasteiger partial charge in [0.15, 0.2) is 0 Å². The zero-order valence-corrected chi connectivity index (χ0v) is 12.2. The summed E-state index contributed by atoms with van der Waals surface area (Å²) in [5.41, 5.74) is 3.85. The molecule has 0 spiro atoms. The first-order valence-electron chi connectivity index (χ1n) is 6.91. The summed E-state index contributed by atoms with van der Waals surface area (Å²) in [5.74, 6) is 0.706. The number of para-hydroxylation sites is 2. The molecule has 0 bridgehead atoms. The Hall–Kier alpha value is -2.33. The second kappa shape index (κ2) is 5.58. The fraction of sp³-hybridized carbons (Fsp3) is 0.235. The molecule has 21 heavy (non-hydrogen) atoms. The maximum Gasteiger partial charge on any atom is 0.124 e. The summed E-state index contributed by atoms with van der Waals surface area (Å²) in [6.07, 6.45) is 1.12. The van der Waals surface area contributed by atoms with E-state index >= 15 is 0 Å². The number of benzene rings is 2. The molecule has 1 unspecified atom stereocenters. The summed E-state index contributed by atoms with van der Waals surface area (Å²) in [6.45, 7) is 2.45. The highest BCUT2D eigenvalue weighted by Gasteiger charge is 2.15. The van der Waals surface area contributed by atoms with Gasteiger partial charge in [-0.1, -0.05) is 23.8 Å². The van der Waals surface area contributed by atoms with Crippen molar-refractivity contribution >= 4 is 11.0 Å². The van der Waals surface area contributed by atoms with Crippen LogP contribution in [-0.2, 0) is 6.54 Å². The monoisotopic (exact) mass is 282 g/mol. The van der Waals surface area contributed by atoms with E-state index in [0.29, 0.717) is 12.3 Å². The Morgan fingerprint density at radius 2 is 2.05 bits per heavy atom. The second-order valence-corrected chi connectivity index (χ2v) is 5.15. The van der Waals surface area contributed by atoms with Gasteiger partial charge in [-0.3, -0.25) is 0 Å². The Bertz CT molecular complexity index is 764. The number of imidazole rings is 1. The molecule has 0 radical (unpaired) electrons. The van der Waals surface area contributed by atoms with Crippen molar-refractivity contribution in [3.8, 4) is 5.75 Å². The number of rotatable bonds is 4. The molecule has 1 atom stereocenters. The lowest BCUT2D eigenvalue weighted by Gasteiger charge is -2.16. The summed E-state index contributed by atoms with van der Waals surface area (Å²) >= 11 is 0. The van der Waals surface area contributed by atoms with Gasteiger partial charge in [0.1, 0.15) is 11.9 Å². The van der Waals surface area contributed by atoms with Gasteiger partial charge in [-0.2, -0.15) is 0 Å². The van der Waals surface area contributed by atoms with Crippen LogP contribution in [0.5, 0.6) is 5.75 Å². The highest BCUT2D eigenvalue weighted by atomic mass is 16.5. The molecule has 1 aromatic heterocycles. The molecule has 0 fully saturated rings. The van der Waals surface area contributed by atoms with Crippen molar-refractivity contribution in [2.45, 2.75) is 19.6 Å². The molecule has 4 heteroatoms. The van der Waals surface area contributed by atoms with Crippen molar-refractivity contribution in [2.75, 3.05) is 7.11 Å². The summed E-state index contributed by atoms with van der Waals surface area (Å²) < 4.78 is 7.30. The van der Waals surface area contributed by atoms with E-state index in [-0.39, 0.29) is 0 Å². The quantitative estimate of drug-likeness (QED) is 0.800. The molecule has 0 saturated carbocycles. The number of fused-ring (bicyclic) bond motifs is 1. The number of methoxy groups -OCH3 is 1. The minimum absolute atomic E-state index is 0.445. The van der Waals surface area contributed by atoms with Crippen molar-refractivity contribution in [1.82, 2.24) is 9.55 Å². The van der Waals surface area contributed by atoms with Gasteiger partial charge in [0, 0.05) is 5.56 Å². The van der Waals surface area contributed by atoms with Gasteiger partial charge in [-0.25, -0.2) is 4.98 Å². The molecular formula is C17H18N2O2. The van der Waals surface area contributed by atoms with Crippen LogP contribution in [0.2, 0.25) is 0 Å². The van der Waals surface area contributed by atoms with Crippen molar-refractivity contribution in [3.05, 3.63) is 59.9 Å². The van der Waals surface area contributed by atoms with Crippen LogP contribution in [0.1, 0.15) is 17.2 Å². The highest BCUT2D eigenvalue weighted by Crippen LogP contribution is 2.28. The zero-order valence-electron chi connectivity index (χ0n) is 12.2. The topological polar surface area (TPSA) is 47.3 Å². The van der Waals surface area contributed by atoms with Crippen molar-refractivity contribution in [2.24, 2.45) is 0 Å². The third-order valence-electron chi connectivity index (χ3n) is 3.64. The van der Waals surface area contributed by atoms with Crippen LogP contribution in [0, 0.1) is 6.92 Å². The molecule has 0 aliphatic heterocycles. The van der Waals surface area contributed by atoms with Gasteiger partial charge < -0.3 is 14.4 Å². The van der Waals surface area contributed by atoms with Crippen LogP contribution >= 0.6 is 0 Å². The van der Waals surface area contributed by atoms with E-state index in [9.17, 15) is 5.11 Å². The third-order valence-corrected chi connectivity index (χ3v) is 3.64. The average Bonchev–Trinajstić information content (AvgIpc) is 2.90. The number of aliphatic hydroxyl groups is 1. The Labute approximate surface area is 123 Å². The Kier molecular flexibility index (Phi) is 3.62. The van der Waals surface area contributed by atoms with Gasteiger partial charge in [0.2, 0.25) is 0 Å². The predicted octanol–water partition coefficient (Wildman–Crippen LogP) is 3.09. The van der Waals surface area contributed by atoms with Crippen molar-refractivity contribution < 1.29 is 9.84 Å². The molecule has 0 aliphatic rings. The first-order chi connectivity index (χ1) is 10.2. The summed E-state index contributed by atoms with van der Waals surface area (Å²) in [5, 5.41) is 10.6. The number of hydrogen-bond acceptors (Lipinski definition) is 3. The fourth-order valence-electron chi connectivity index (χ4n) is 2.55. The van der Waals surface area contributed by atoms with Gasteiger partial charge in [-0.15, -0.1) is 0 Å². The molecule has 1 N–H and O–H groups in total. The molecule has 3 aromatic rings. The van der Waals surface area contributed by atoms with Gasteiger partial charge >= 0.3 is 0 Å². The van der Waals surface area contributed by atoms with E-state index in [4.69, 9.17) is 4.74 Å². The maximum atomic E-state index is 10.6. The molecule has 108 valence electrons. The summed E-state index contributed by atoms with van der Waals surface area (Å²) in [4.78, 5) is 4.35. The van der Waals surface area contributed by atoms with Crippen LogP contribution in [-0.4, -0.2) is 21.8 Å². The average molecular weight is 282 g/mol. The molecular weight excluding hydrogens is 264 g/mol. The molecule has 1 heterocycles. The number of aliphatic hydroxyl groups excluding tert-OH is 1. The number of ether oxygens (including phenoxy) is 1. The molecule has 0 saturated heterocycles. The van der Waals surface area contributed by atoms with Crippen LogP contribution in [0.3, 0.4) is 0 Å². The Morgan fingerprint density at radius 3 is 2.86 bits per heavy atom. The SMILES string of the molecule is COc1ccc(C)cc1C(O)Cn1cnc2ccccc21. The van der Waals surface area contributed by atoms with Crippen LogP contribution in [0.25, 0.3) is 11.0 Å².